The monoisotopic (exact) mass is 296 g/mol. The second-order valence-corrected chi connectivity index (χ2v) is 4.60. The third-order valence-corrected chi connectivity index (χ3v) is 2.76. The van der Waals surface area contributed by atoms with Crippen LogP contribution < -0.4 is 10.6 Å². The first-order valence-corrected chi connectivity index (χ1v) is 6.15. The van der Waals surface area contributed by atoms with E-state index in [4.69, 9.17) is 12.2 Å². The number of hydrogen-bond acceptors (Lipinski definition) is 1. The maximum atomic E-state index is 13.0. The van der Waals surface area contributed by atoms with Crippen molar-refractivity contribution in [3.63, 3.8) is 0 Å². The van der Waals surface area contributed by atoms with E-state index in [0.717, 1.165) is 18.2 Å². The van der Waals surface area contributed by atoms with Crippen molar-refractivity contribution in [1.29, 1.82) is 0 Å². The largest absolute Gasteiger partial charge is 0.332 e. The predicted octanol–water partition coefficient (Wildman–Crippen LogP) is 4.22. The maximum Gasteiger partial charge on any atom is 0.175 e. The van der Waals surface area contributed by atoms with Crippen molar-refractivity contribution in [3.8, 4) is 0 Å². The lowest BCUT2D eigenvalue weighted by Crippen LogP contribution is -2.19. The van der Waals surface area contributed by atoms with E-state index in [0.29, 0.717) is 11.3 Å². The lowest BCUT2D eigenvalue weighted by molar-refractivity contribution is 0.584. The highest BCUT2D eigenvalue weighted by Crippen LogP contribution is 2.17. The van der Waals surface area contributed by atoms with Gasteiger partial charge in [0.05, 0.1) is 0 Å². The van der Waals surface area contributed by atoms with Gasteiger partial charge in [0.15, 0.2) is 5.11 Å². The second kappa shape index (κ2) is 5.92. The zero-order valence-corrected chi connectivity index (χ0v) is 11.3. The highest BCUT2D eigenvalue weighted by Gasteiger charge is 2.05. The Hall–Kier alpha value is -2.08. The first-order chi connectivity index (χ1) is 9.44. The summed E-state index contributed by atoms with van der Waals surface area (Å²) in [6.07, 6.45) is 0. The van der Waals surface area contributed by atoms with Gasteiger partial charge in [0.25, 0.3) is 0 Å². The molecule has 0 atom stereocenters. The van der Waals surface area contributed by atoms with Crippen LogP contribution in [0.15, 0.2) is 36.4 Å². The van der Waals surface area contributed by atoms with E-state index in [1.165, 1.54) is 18.2 Å². The van der Waals surface area contributed by atoms with Gasteiger partial charge in [-0.05, 0) is 55.0 Å². The van der Waals surface area contributed by atoms with E-state index < -0.39 is 11.6 Å². The summed E-state index contributed by atoms with van der Waals surface area (Å²) in [5.74, 6) is -1.75. The third-order valence-electron chi connectivity index (χ3n) is 2.56. The Balaban J connectivity index is 2.09. The summed E-state index contributed by atoms with van der Waals surface area (Å²) >= 11 is 5.04. The number of aryl methyl sites for hydroxylation is 1. The summed E-state index contributed by atoms with van der Waals surface area (Å²) < 4.78 is 39.0. The molecule has 0 aromatic heterocycles. The number of rotatable bonds is 2. The predicted molar refractivity (Wildman–Crippen MR) is 77.3 cm³/mol. The van der Waals surface area contributed by atoms with Gasteiger partial charge in [0, 0.05) is 17.4 Å². The molecule has 2 aromatic carbocycles. The van der Waals surface area contributed by atoms with E-state index >= 15 is 0 Å². The van der Waals surface area contributed by atoms with Crippen LogP contribution in [0.3, 0.4) is 0 Å². The van der Waals surface area contributed by atoms with E-state index in [2.05, 4.69) is 10.6 Å². The smallest absolute Gasteiger partial charge is 0.175 e. The van der Waals surface area contributed by atoms with Crippen molar-refractivity contribution in [3.05, 3.63) is 59.4 Å². The minimum Gasteiger partial charge on any atom is -0.332 e. The van der Waals surface area contributed by atoms with Crippen LogP contribution in [0.5, 0.6) is 0 Å². The normalized spacial score (nSPS) is 10.2. The molecule has 0 saturated carbocycles. The summed E-state index contributed by atoms with van der Waals surface area (Å²) in [5, 5.41) is 5.65. The van der Waals surface area contributed by atoms with Gasteiger partial charge in [-0.2, -0.15) is 0 Å². The van der Waals surface area contributed by atoms with Crippen LogP contribution >= 0.6 is 12.2 Å². The topological polar surface area (TPSA) is 24.1 Å². The average molecular weight is 296 g/mol. The fourth-order valence-corrected chi connectivity index (χ4v) is 1.91. The second-order valence-electron chi connectivity index (χ2n) is 4.20. The molecular weight excluding hydrogens is 285 g/mol. The van der Waals surface area contributed by atoms with Crippen LogP contribution in [-0.2, 0) is 0 Å². The molecule has 0 spiro atoms. The molecule has 0 amide bonds. The molecule has 0 saturated heterocycles. The zero-order valence-electron chi connectivity index (χ0n) is 10.5. The molecule has 2 N–H and O–H groups in total. The SMILES string of the molecule is Cc1cc(F)ccc1NC(=S)Nc1cc(F)cc(F)c1. The summed E-state index contributed by atoms with van der Waals surface area (Å²) in [6.45, 7) is 1.72. The van der Waals surface area contributed by atoms with E-state index in [-0.39, 0.29) is 16.6 Å². The van der Waals surface area contributed by atoms with Crippen LogP contribution in [0.2, 0.25) is 0 Å². The van der Waals surface area contributed by atoms with Gasteiger partial charge in [0.1, 0.15) is 17.5 Å². The number of hydrogen-bond donors (Lipinski definition) is 2. The number of thiocarbonyl (C=S) groups is 1. The Morgan fingerprint density at radius 1 is 0.900 bits per heavy atom. The van der Waals surface area contributed by atoms with Crippen molar-refractivity contribution >= 4 is 28.7 Å². The first kappa shape index (κ1) is 14.3. The van der Waals surface area contributed by atoms with Crippen molar-refractivity contribution in [2.75, 3.05) is 10.6 Å². The number of nitrogens with one attached hydrogen (secondary N) is 2. The standard InChI is InChI=1S/C14H11F3N2S/c1-8-4-9(15)2-3-13(8)19-14(20)18-12-6-10(16)5-11(17)7-12/h2-7H,1H3,(H2,18,19,20). The molecule has 0 heterocycles. The molecule has 2 rings (SSSR count). The Morgan fingerprint density at radius 2 is 1.55 bits per heavy atom. The zero-order chi connectivity index (χ0) is 14.7. The number of benzene rings is 2. The van der Waals surface area contributed by atoms with E-state index in [9.17, 15) is 13.2 Å². The highest BCUT2D eigenvalue weighted by atomic mass is 32.1. The molecule has 0 aliphatic carbocycles. The van der Waals surface area contributed by atoms with Crippen LogP contribution in [0, 0.1) is 24.4 Å². The molecule has 2 nitrogen and oxygen atoms in total. The maximum absolute atomic E-state index is 13.0. The Kier molecular flexibility index (Phi) is 4.24. The summed E-state index contributed by atoms with van der Waals surface area (Å²) in [4.78, 5) is 0. The van der Waals surface area contributed by atoms with Gasteiger partial charge in [-0.15, -0.1) is 0 Å². The van der Waals surface area contributed by atoms with Crippen LogP contribution in [-0.4, -0.2) is 5.11 Å². The molecule has 0 bridgehead atoms. The molecule has 0 unspecified atom stereocenters. The molecule has 104 valence electrons. The lowest BCUT2D eigenvalue weighted by Gasteiger charge is -2.12. The van der Waals surface area contributed by atoms with Crippen LogP contribution in [0.1, 0.15) is 5.56 Å². The molecule has 0 radical (unpaired) electrons. The highest BCUT2D eigenvalue weighted by molar-refractivity contribution is 7.80. The van der Waals surface area contributed by atoms with Crippen molar-refractivity contribution in [2.24, 2.45) is 0 Å². The molecule has 6 heteroatoms. The summed E-state index contributed by atoms with van der Waals surface area (Å²) in [5.41, 5.74) is 1.47. The van der Waals surface area contributed by atoms with Gasteiger partial charge < -0.3 is 10.6 Å². The fourth-order valence-electron chi connectivity index (χ4n) is 1.68. The molecule has 20 heavy (non-hydrogen) atoms. The van der Waals surface area contributed by atoms with Crippen molar-refractivity contribution in [2.45, 2.75) is 6.92 Å². The quantitative estimate of drug-likeness (QED) is 0.811. The number of anilines is 2. The van der Waals surface area contributed by atoms with Gasteiger partial charge in [0.2, 0.25) is 0 Å². The lowest BCUT2D eigenvalue weighted by atomic mass is 10.2. The average Bonchev–Trinajstić information content (AvgIpc) is 2.31. The first-order valence-electron chi connectivity index (χ1n) is 5.74. The van der Waals surface area contributed by atoms with Crippen LogP contribution in [0.25, 0.3) is 0 Å². The van der Waals surface area contributed by atoms with E-state index in [1.807, 2.05) is 0 Å². The van der Waals surface area contributed by atoms with Gasteiger partial charge in [-0.1, -0.05) is 0 Å². The van der Waals surface area contributed by atoms with Crippen molar-refractivity contribution < 1.29 is 13.2 Å². The molecular formula is C14H11F3N2S. The van der Waals surface area contributed by atoms with Gasteiger partial charge in [-0.25, -0.2) is 13.2 Å². The molecule has 0 aliphatic heterocycles. The minimum atomic E-state index is -0.701. The summed E-state index contributed by atoms with van der Waals surface area (Å²) in [7, 11) is 0. The molecule has 0 fully saturated rings. The van der Waals surface area contributed by atoms with Crippen LogP contribution in [0.4, 0.5) is 24.5 Å². The van der Waals surface area contributed by atoms with Gasteiger partial charge >= 0.3 is 0 Å². The van der Waals surface area contributed by atoms with Crippen molar-refractivity contribution in [1.82, 2.24) is 0 Å². The minimum absolute atomic E-state index is 0.157. The molecule has 2 aromatic rings. The van der Waals surface area contributed by atoms with Gasteiger partial charge in [-0.3, -0.25) is 0 Å². The third kappa shape index (κ3) is 3.71. The van der Waals surface area contributed by atoms with E-state index in [1.54, 1.807) is 6.92 Å². The molecule has 0 aliphatic rings. The number of halogens is 3. The Bertz CT molecular complexity index is 639. The summed E-state index contributed by atoms with van der Waals surface area (Å²) in [6, 6.07) is 7.19. The fraction of sp³-hybridized carbons (Fsp3) is 0.0714. The Labute approximate surface area is 119 Å². The Morgan fingerprint density at radius 3 is 2.15 bits per heavy atom.